The molecule has 0 saturated carbocycles. The number of aromatic amines is 1. The van der Waals surface area contributed by atoms with Gasteiger partial charge < -0.3 is 15.2 Å². The quantitative estimate of drug-likeness (QED) is 0.682. The summed E-state index contributed by atoms with van der Waals surface area (Å²) in [6.45, 7) is 0.783. The Hall–Kier alpha value is -2.49. The summed E-state index contributed by atoms with van der Waals surface area (Å²) in [4.78, 5) is 9.83. The van der Waals surface area contributed by atoms with Gasteiger partial charge in [0, 0.05) is 5.69 Å². The Morgan fingerprint density at radius 2 is 1.94 bits per heavy atom. The van der Waals surface area contributed by atoms with E-state index in [-0.39, 0.29) is 0 Å². The first-order valence-corrected chi connectivity index (χ1v) is 5.96. The molecular weight excluding hydrogens is 224 g/mol. The van der Waals surface area contributed by atoms with Gasteiger partial charge in [-0.05, 0) is 24.3 Å². The molecule has 4 heteroatoms. The highest BCUT2D eigenvalue weighted by molar-refractivity contribution is 6.00. The van der Waals surface area contributed by atoms with Crippen molar-refractivity contribution in [2.75, 3.05) is 16.9 Å². The zero-order chi connectivity index (χ0) is 11.9. The van der Waals surface area contributed by atoms with E-state index < -0.39 is 0 Å². The summed E-state index contributed by atoms with van der Waals surface area (Å²) < 4.78 is 0. The van der Waals surface area contributed by atoms with Crippen LogP contribution < -0.4 is 10.2 Å². The van der Waals surface area contributed by atoms with Crippen LogP contribution in [0, 0.1) is 0 Å². The second-order valence-electron chi connectivity index (χ2n) is 4.36. The Bertz CT molecular complexity index is 702. The van der Waals surface area contributed by atoms with Crippen molar-refractivity contribution in [1.82, 2.24) is 9.97 Å². The van der Waals surface area contributed by atoms with Crippen LogP contribution in [-0.4, -0.2) is 16.6 Å². The number of hydrogen-bond donors (Lipinski definition) is 2. The minimum absolute atomic E-state index is 0.783. The number of aromatic nitrogens is 2. The third kappa shape index (κ3) is 1.23. The Balaban J connectivity index is 1.95. The van der Waals surface area contributed by atoms with E-state index in [1.165, 1.54) is 5.69 Å². The van der Waals surface area contributed by atoms with Crippen LogP contribution >= 0.6 is 0 Å². The van der Waals surface area contributed by atoms with E-state index in [0.29, 0.717) is 0 Å². The summed E-state index contributed by atoms with van der Waals surface area (Å²) in [5.41, 5.74) is 5.55. The molecule has 0 bridgehead atoms. The molecule has 1 aliphatic heterocycles. The molecule has 18 heavy (non-hydrogen) atoms. The molecule has 0 atom stereocenters. The molecule has 4 rings (SSSR count). The van der Waals surface area contributed by atoms with Gasteiger partial charge in [-0.1, -0.05) is 18.2 Å². The standard InChI is InChI=1S/C14H12N4/c1-2-4-10(5-3-1)18-9-17-12-7-6-11-13(14(12)18)16-8-15-11/h1-8,17H,9H2,(H,15,16). The SMILES string of the molecule is c1ccc(N2CNc3ccc4[nH]cnc4c32)cc1. The fourth-order valence-electron chi connectivity index (χ4n) is 2.48. The molecule has 0 saturated heterocycles. The van der Waals surface area contributed by atoms with Crippen molar-refractivity contribution in [2.45, 2.75) is 0 Å². The summed E-state index contributed by atoms with van der Waals surface area (Å²) in [6.07, 6.45) is 1.74. The van der Waals surface area contributed by atoms with Crippen LogP contribution in [0.4, 0.5) is 17.1 Å². The van der Waals surface area contributed by atoms with Crippen LogP contribution in [0.5, 0.6) is 0 Å². The van der Waals surface area contributed by atoms with Gasteiger partial charge in [-0.2, -0.15) is 0 Å². The molecule has 2 N–H and O–H groups in total. The number of nitrogens with one attached hydrogen (secondary N) is 2. The van der Waals surface area contributed by atoms with Crippen molar-refractivity contribution in [3.63, 3.8) is 0 Å². The van der Waals surface area contributed by atoms with Gasteiger partial charge in [0.05, 0.1) is 29.9 Å². The molecule has 4 nitrogen and oxygen atoms in total. The average molecular weight is 236 g/mol. The molecule has 3 aromatic rings. The lowest BCUT2D eigenvalue weighted by atomic mass is 10.2. The van der Waals surface area contributed by atoms with Gasteiger partial charge in [0.15, 0.2) is 0 Å². The van der Waals surface area contributed by atoms with E-state index in [1.54, 1.807) is 6.33 Å². The first kappa shape index (κ1) is 9.53. The Kier molecular flexibility index (Phi) is 1.85. The minimum atomic E-state index is 0.783. The van der Waals surface area contributed by atoms with Gasteiger partial charge in [-0.3, -0.25) is 0 Å². The van der Waals surface area contributed by atoms with Crippen molar-refractivity contribution in [3.8, 4) is 0 Å². The molecule has 2 heterocycles. The fourth-order valence-corrected chi connectivity index (χ4v) is 2.48. The van der Waals surface area contributed by atoms with Crippen LogP contribution in [0.25, 0.3) is 11.0 Å². The summed E-state index contributed by atoms with van der Waals surface area (Å²) in [5, 5.41) is 3.40. The van der Waals surface area contributed by atoms with E-state index in [2.05, 4.69) is 56.6 Å². The highest BCUT2D eigenvalue weighted by atomic mass is 15.3. The summed E-state index contributed by atoms with van der Waals surface area (Å²) in [5.74, 6) is 0. The number of hydrogen-bond acceptors (Lipinski definition) is 3. The highest BCUT2D eigenvalue weighted by Gasteiger charge is 2.23. The monoisotopic (exact) mass is 236 g/mol. The maximum Gasteiger partial charge on any atom is 0.114 e. The second kappa shape index (κ2) is 3.50. The molecule has 88 valence electrons. The Morgan fingerprint density at radius 3 is 2.83 bits per heavy atom. The number of rotatable bonds is 1. The molecule has 0 spiro atoms. The maximum atomic E-state index is 4.43. The van der Waals surface area contributed by atoms with Gasteiger partial charge in [-0.25, -0.2) is 4.98 Å². The highest BCUT2D eigenvalue weighted by Crippen LogP contribution is 2.40. The summed E-state index contributed by atoms with van der Waals surface area (Å²) in [7, 11) is 0. The zero-order valence-electron chi connectivity index (χ0n) is 9.72. The normalized spacial score (nSPS) is 13.7. The van der Waals surface area contributed by atoms with Gasteiger partial charge in [0.2, 0.25) is 0 Å². The number of para-hydroxylation sites is 1. The van der Waals surface area contributed by atoms with Crippen molar-refractivity contribution >= 4 is 28.1 Å². The smallest absolute Gasteiger partial charge is 0.114 e. The molecule has 0 amide bonds. The van der Waals surface area contributed by atoms with E-state index in [1.807, 2.05) is 6.07 Å². The number of imidazole rings is 1. The zero-order valence-corrected chi connectivity index (χ0v) is 9.72. The lowest BCUT2D eigenvalue weighted by Crippen LogP contribution is -2.16. The minimum Gasteiger partial charge on any atom is -0.366 e. The first-order chi connectivity index (χ1) is 8.93. The van der Waals surface area contributed by atoms with Crippen LogP contribution in [0.15, 0.2) is 48.8 Å². The van der Waals surface area contributed by atoms with E-state index >= 15 is 0 Å². The lowest BCUT2D eigenvalue weighted by molar-refractivity contribution is 1.10. The maximum absolute atomic E-state index is 4.43. The Morgan fingerprint density at radius 1 is 1.06 bits per heavy atom. The molecule has 1 aliphatic rings. The number of fused-ring (bicyclic) bond motifs is 3. The second-order valence-corrected chi connectivity index (χ2v) is 4.36. The van der Waals surface area contributed by atoms with Gasteiger partial charge in [0.1, 0.15) is 5.52 Å². The third-order valence-electron chi connectivity index (χ3n) is 3.33. The van der Waals surface area contributed by atoms with E-state index in [9.17, 15) is 0 Å². The van der Waals surface area contributed by atoms with Crippen molar-refractivity contribution < 1.29 is 0 Å². The third-order valence-corrected chi connectivity index (χ3v) is 3.33. The molecule has 0 aliphatic carbocycles. The van der Waals surface area contributed by atoms with Crippen LogP contribution in [0.3, 0.4) is 0 Å². The molecule has 0 radical (unpaired) electrons. The van der Waals surface area contributed by atoms with E-state index in [4.69, 9.17) is 0 Å². The number of benzene rings is 2. The van der Waals surface area contributed by atoms with Crippen molar-refractivity contribution in [1.29, 1.82) is 0 Å². The average Bonchev–Trinajstić information content (AvgIpc) is 3.05. The van der Waals surface area contributed by atoms with Crippen molar-refractivity contribution in [2.24, 2.45) is 0 Å². The predicted octanol–water partition coefficient (Wildman–Crippen LogP) is 3.08. The van der Waals surface area contributed by atoms with E-state index in [0.717, 1.165) is 29.1 Å². The number of anilines is 3. The number of H-pyrrole nitrogens is 1. The Labute approximate surface area is 104 Å². The predicted molar refractivity (Wildman–Crippen MR) is 73.2 cm³/mol. The molecule has 1 aromatic heterocycles. The topological polar surface area (TPSA) is 44.0 Å². The molecule has 2 aromatic carbocycles. The molecule has 0 fully saturated rings. The lowest BCUT2D eigenvalue weighted by Gasteiger charge is -2.18. The fraction of sp³-hybridized carbons (Fsp3) is 0.0714. The summed E-state index contributed by atoms with van der Waals surface area (Å²) in [6, 6.07) is 14.5. The largest absolute Gasteiger partial charge is 0.366 e. The van der Waals surface area contributed by atoms with Gasteiger partial charge in [-0.15, -0.1) is 0 Å². The molecular formula is C14H12N4. The van der Waals surface area contributed by atoms with Crippen LogP contribution in [-0.2, 0) is 0 Å². The number of nitrogens with zero attached hydrogens (tertiary/aromatic N) is 2. The summed E-state index contributed by atoms with van der Waals surface area (Å²) >= 11 is 0. The van der Waals surface area contributed by atoms with Crippen LogP contribution in [0.2, 0.25) is 0 Å². The molecule has 0 unspecified atom stereocenters. The van der Waals surface area contributed by atoms with Crippen LogP contribution in [0.1, 0.15) is 0 Å². The van der Waals surface area contributed by atoms with Gasteiger partial charge >= 0.3 is 0 Å². The van der Waals surface area contributed by atoms with Crippen molar-refractivity contribution in [3.05, 3.63) is 48.8 Å². The first-order valence-electron chi connectivity index (χ1n) is 5.96. The van der Waals surface area contributed by atoms with Gasteiger partial charge in [0.25, 0.3) is 0 Å².